The average molecular weight is 231 g/mol. The highest BCUT2D eigenvalue weighted by atomic mass is 16.5. The summed E-state index contributed by atoms with van der Waals surface area (Å²) in [4.78, 5) is 31.2. The third-order valence-electron chi connectivity index (χ3n) is 2.14. The molecule has 0 heterocycles. The fourth-order valence-corrected chi connectivity index (χ4v) is 1.05. The van der Waals surface area contributed by atoms with Crippen molar-refractivity contribution < 1.29 is 19.1 Å². The Bertz CT molecular complexity index is 206. The normalized spacial score (nSPS) is 8.69. The average Bonchev–Trinajstić information content (AvgIpc) is 2.30. The molecule has 1 amide bonds. The van der Waals surface area contributed by atoms with Crippen LogP contribution in [0.25, 0.3) is 0 Å². The maximum Gasteiger partial charge on any atom is 0.305 e. The second-order valence-corrected chi connectivity index (χ2v) is 3.33. The highest BCUT2D eigenvalue weighted by molar-refractivity contribution is 5.72. The highest BCUT2D eigenvalue weighted by Gasteiger charge is 2.02. The van der Waals surface area contributed by atoms with E-state index in [1.54, 1.807) is 18.9 Å². The third kappa shape index (κ3) is 10.7. The SMILES string of the molecule is C=O.COC(=O)CCCCCN(C)C(C)=O. The van der Waals surface area contributed by atoms with Crippen LogP contribution in [0.15, 0.2) is 0 Å². The number of rotatable bonds is 6. The van der Waals surface area contributed by atoms with E-state index in [0.717, 1.165) is 25.8 Å². The number of ether oxygens (including phenoxy) is 1. The number of esters is 1. The first-order valence-electron chi connectivity index (χ1n) is 5.15. The first-order valence-corrected chi connectivity index (χ1v) is 5.15. The maximum absolute atomic E-state index is 10.8. The zero-order chi connectivity index (χ0) is 13.0. The van der Waals surface area contributed by atoms with Gasteiger partial charge in [-0.1, -0.05) is 6.42 Å². The third-order valence-corrected chi connectivity index (χ3v) is 2.14. The topological polar surface area (TPSA) is 63.7 Å². The zero-order valence-corrected chi connectivity index (χ0v) is 10.3. The molecule has 0 unspecified atom stereocenters. The molecule has 0 aliphatic carbocycles. The zero-order valence-electron chi connectivity index (χ0n) is 10.3. The highest BCUT2D eigenvalue weighted by Crippen LogP contribution is 2.02. The van der Waals surface area contributed by atoms with Crippen molar-refractivity contribution in [1.29, 1.82) is 0 Å². The predicted octanol–water partition coefficient (Wildman–Crippen LogP) is 1.01. The fraction of sp³-hybridized carbons (Fsp3) is 0.727. The molecular formula is C11H21NO4. The number of nitrogens with zero attached hydrogens (tertiary/aromatic N) is 1. The van der Waals surface area contributed by atoms with Gasteiger partial charge in [-0.15, -0.1) is 0 Å². The molecule has 0 fully saturated rings. The van der Waals surface area contributed by atoms with Gasteiger partial charge < -0.3 is 14.4 Å². The smallest absolute Gasteiger partial charge is 0.305 e. The lowest BCUT2D eigenvalue weighted by Crippen LogP contribution is -2.24. The number of hydrogen-bond donors (Lipinski definition) is 0. The van der Waals surface area contributed by atoms with Gasteiger partial charge in [-0.25, -0.2) is 0 Å². The first kappa shape index (κ1) is 17.0. The largest absolute Gasteiger partial charge is 0.469 e. The Morgan fingerprint density at radius 2 is 1.75 bits per heavy atom. The van der Waals surface area contributed by atoms with Crippen LogP contribution in [-0.4, -0.2) is 44.3 Å². The molecule has 0 bridgehead atoms. The minimum atomic E-state index is -0.162. The molecular weight excluding hydrogens is 210 g/mol. The summed E-state index contributed by atoms with van der Waals surface area (Å²) in [6.45, 7) is 4.31. The van der Waals surface area contributed by atoms with Crippen molar-refractivity contribution in [2.75, 3.05) is 20.7 Å². The van der Waals surface area contributed by atoms with Crippen molar-refractivity contribution in [3.63, 3.8) is 0 Å². The molecule has 0 aromatic heterocycles. The monoisotopic (exact) mass is 231 g/mol. The molecule has 0 atom stereocenters. The van der Waals surface area contributed by atoms with Crippen molar-refractivity contribution >= 4 is 18.7 Å². The Kier molecular flexibility index (Phi) is 12.4. The Morgan fingerprint density at radius 3 is 2.19 bits per heavy atom. The Morgan fingerprint density at radius 1 is 1.19 bits per heavy atom. The standard InChI is InChI=1S/C10H19NO3.CH2O/c1-9(12)11(2)8-6-4-5-7-10(13)14-3;1-2/h4-8H2,1-3H3;1H2. The molecule has 0 saturated carbocycles. The molecule has 0 aromatic rings. The van der Waals surface area contributed by atoms with E-state index < -0.39 is 0 Å². The molecule has 0 saturated heterocycles. The van der Waals surface area contributed by atoms with Gasteiger partial charge in [-0.2, -0.15) is 0 Å². The van der Waals surface area contributed by atoms with Crippen LogP contribution in [0.4, 0.5) is 0 Å². The number of unbranched alkanes of at least 4 members (excludes halogenated alkanes) is 2. The van der Waals surface area contributed by atoms with E-state index in [1.807, 2.05) is 6.79 Å². The minimum absolute atomic E-state index is 0.0815. The molecule has 5 heteroatoms. The van der Waals surface area contributed by atoms with Gasteiger partial charge in [0.1, 0.15) is 6.79 Å². The number of hydrogen-bond acceptors (Lipinski definition) is 4. The van der Waals surface area contributed by atoms with E-state index in [2.05, 4.69) is 4.74 Å². The lowest BCUT2D eigenvalue weighted by molar-refractivity contribution is -0.140. The van der Waals surface area contributed by atoms with Gasteiger partial charge in [0.25, 0.3) is 0 Å². The Labute approximate surface area is 96.8 Å². The van der Waals surface area contributed by atoms with Crippen LogP contribution in [-0.2, 0) is 19.1 Å². The Balaban J connectivity index is 0. The van der Waals surface area contributed by atoms with Crippen LogP contribution < -0.4 is 0 Å². The lowest BCUT2D eigenvalue weighted by Gasteiger charge is -2.13. The van der Waals surface area contributed by atoms with Crippen LogP contribution in [0, 0.1) is 0 Å². The summed E-state index contributed by atoms with van der Waals surface area (Å²) < 4.78 is 4.51. The molecule has 0 N–H and O–H groups in total. The van der Waals surface area contributed by atoms with Gasteiger partial charge in [0.05, 0.1) is 7.11 Å². The van der Waals surface area contributed by atoms with Gasteiger partial charge >= 0.3 is 5.97 Å². The summed E-state index contributed by atoms with van der Waals surface area (Å²) in [5.74, 6) is -0.0807. The summed E-state index contributed by atoms with van der Waals surface area (Å²) in [7, 11) is 3.18. The summed E-state index contributed by atoms with van der Waals surface area (Å²) in [6.07, 6.45) is 3.19. The van der Waals surface area contributed by atoms with Crippen molar-refractivity contribution in [2.45, 2.75) is 32.6 Å². The van der Waals surface area contributed by atoms with Gasteiger partial charge in [-0.05, 0) is 12.8 Å². The molecule has 0 aliphatic heterocycles. The van der Waals surface area contributed by atoms with Gasteiger partial charge in [0, 0.05) is 26.9 Å². The molecule has 0 aromatic carbocycles. The van der Waals surface area contributed by atoms with E-state index >= 15 is 0 Å². The van der Waals surface area contributed by atoms with Crippen molar-refractivity contribution in [2.24, 2.45) is 0 Å². The second-order valence-electron chi connectivity index (χ2n) is 3.33. The summed E-state index contributed by atoms with van der Waals surface area (Å²) in [5, 5.41) is 0. The minimum Gasteiger partial charge on any atom is -0.469 e. The summed E-state index contributed by atoms with van der Waals surface area (Å²) >= 11 is 0. The van der Waals surface area contributed by atoms with Crippen molar-refractivity contribution in [3.05, 3.63) is 0 Å². The van der Waals surface area contributed by atoms with Crippen LogP contribution in [0.1, 0.15) is 32.6 Å². The second kappa shape index (κ2) is 11.7. The quantitative estimate of drug-likeness (QED) is 0.505. The maximum atomic E-state index is 10.8. The molecule has 0 radical (unpaired) electrons. The van der Waals surface area contributed by atoms with Crippen LogP contribution in [0.5, 0.6) is 0 Å². The van der Waals surface area contributed by atoms with Gasteiger partial charge in [-0.3, -0.25) is 9.59 Å². The van der Waals surface area contributed by atoms with Gasteiger partial charge in [0.2, 0.25) is 5.91 Å². The van der Waals surface area contributed by atoms with Crippen molar-refractivity contribution in [3.8, 4) is 0 Å². The van der Waals surface area contributed by atoms with E-state index in [4.69, 9.17) is 4.79 Å². The van der Waals surface area contributed by atoms with E-state index in [-0.39, 0.29) is 11.9 Å². The molecule has 5 nitrogen and oxygen atoms in total. The van der Waals surface area contributed by atoms with Crippen LogP contribution in [0.3, 0.4) is 0 Å². The van der Waals surface area contributed by atoms with E-state index in [0.29, 0.717) is 6.42 Å². The van der Waals surface area contributed by atoms with Crippen molar-refractivity contribution in [1.82, 2.24) is 4.90 Å². The molecule has 16 heavy (non-hydrogen) atoms. The number of methoxy groups -OCH3 is 1. The molecule has 0 aliphatic rings. The number of amides is 1. The number of carbonyl (C=O) groups is 3. The molecule has 94 valence electrons. The predicted molar refractivity (Wildman–Crippen MR) is 60.9 cm³/mol. The summed E-state index contributed by atoms with van der Waals surface area (Å²) in [5.41, 5.74) is 0. The number of carbonyl (C=O) groups excluding carboxylic acids is 3. The van der Waals surface area contributed by atoms with E-state index in [9.17, 15) is 9.59 Å². The lowest BCUT2D eigenvalue weighted by atomic mass is 10.2. The molecule has 0 spiro atoms. The molecule has 0 rings (SSSR count). The van der Waals surface area contributed by atoms with Crippen LogP contribution >= 0.6 is 0 Å². The van der Waals surface area contributed by atoms with E-state index in [1.165, 1.54) is 7.11 Å². The summed E-state index contributed by atoms with van der Waals surface area (Å²) in [6, 6.07) is 0. The van der Waals surface area contributed by atoms with Crippen LogP contribution in [0.2, 0.25) is 0 Å². The first-order chi connectivity index (χ1) is 7.57. The fourth-order valence-electron chi connectivity index (χ4n) is 1.05. The Hall–Kier alpha value is -1.39. The van der Waals surface area contributed by atoms with Gasteiger partial charge in [0.15, 0.2) is 0 Å².